The minimum absolute atomic E-state index is 0.0146. The van der Waals surface area contributed by atoms with Crippen molar-refractivity contribution < 1.29 is 23.8 Å². The molecule has 0 unspecified atom stereocenters. The first kappa shape index (κ1) is 34.3. The Bertz CT molecular complexity index is 2050. The zero-order chi connectivity index (χ0) is 35.8. The number of benzene rings is 2. The second-order valence-electron chi connectivity index (χ2n) is 14.5. The monoisotopic (exact) mass is 705 g/mol. The Morgan fingerprint density at radius 3 is 2.73 bits per heavy atom. The summed E-state index contributed by atoms with van der Waals surface area (Å²) in [4.78, 5) is 34.0. The maximum atomic E-state index is 17.2. The predicted octanol–water partition coefficient (Wildman–Crippen LogP) is 4.65. The lowest BCUT2D eigenvalue weighted by atomic mass is 9.95. The van der Waals surface area contributed by atoms with Gasteiger partial charge in [-0.1, -0.05) is 24.6 Å². The van der Waals surface area contributed by atoms with Crippen molar-refractivity contribution in [2.45, 2.75) is 56.1 Å². The van der Waals surface area contributed by atoms with Gasteiger partial charge in [0.25, 0.3) is 0 Å². The highest BCUT2D eigenvalue weighted by molar-refractivity contribution is 6.02. The number of halogens is 1. The fraction of sp³-hybridized carbons (Fsp3) is 0.450. The van der Waals surface area contributed by atoms with E-state index in [1.165, 1.54) is 12.1 Å². The molecule has 270 valence electrons. The van der Waals surface area contributed by atoms with E-state index >= 15 is 4.39 Å². The van der Waals surface area contributed by atoms with Crippen LogP contribution in [0.4, 0.5) is 10.2 Å². The van der Waals surface area contributed by atoms with Gasteiger partial charge in [0.1, 0.15) is 29.4 Å². The van der Waals surface area contributed by atoms with E-state index < -0.39 is 5.82 Å². The number of nitrogens with one attached hydrogen (secondary N) is 1. The molecule has 2 N–H and O–H groups in total. The number of pyridine rings is 1. The predicted molar refractivity (Wildman–Crippen MR) is 198 cm³/mol. The molecule has 1 amide bonds. The molecule has 52 heavy (non-hydrogen) atoms. The number of hydrogen-bond acceptors (Lipinski definition) is 10. The van der Waals surface area contributed by atoms with Crippen molar-refractivity contribution in [2.75, 3.05) is 64.0 Å². The van der Waals surface area contributed by atoms with Gasteiger partial charge in [-0.25, -0.2) is 4.39 Å². The summed E-state index contributed by atoms with van der Waals surface area (Å²) >= 11 is 0. The van der Waals surface area contributed by atoms with Gasteiger partial charge in [0.15, 0.2) is 5.82 Å². The van der Waals surface area contributed by atoms with Gasteiger partial charge in [-0.05, 0) is 81.3 Å². The first-order valence-electron chi connectivity index (χ1n) is 18.3. The Morgan fingerprint density at radius 1 is 1.15 bits per heavy atom. The smallest absolute Gasteiger partial charge is 0.319 e. The molecule has 4 aliphatic rings. The molecule has 1 atom stereocenters. The number of carbonyl (C=O) groups excluding carboxylic acids is 1. The third-order valence-corrected chi connectivity index (χ3v) is 11.4. The van der Waals surface area contributed by atoms with Crippen molar-refractivity contribution in [1.29, 1.82) is 0 Å². The zero-order valence-electron chi connectivity index (χ0n) is 29.3. The molecule has 4 saturated heterocycles. The first-order valence-corrected chi connectivity index (χ1v) is 18.3. The number of aromatic hydroxyl groups is 1. The quantitative estimate of drug-likeness (QED) is 0.198. The van der Waals surface area contributed by atoms with E-state index in [2.05, 4.69) is 37.5 Å². The number of aromatic nitrogens is 3. The molecule has 0 spiro atoms. The van der Waals surface area contributed by atoms with Crippen LogP contribution in [-0.2, 0) is 9.53 Å². The Morgan fingerprint density at radius 2 is 1.96 bits per heavy atom. The van der Waals surface area contributed by atoms with Crippen molar-refractivity contribution in [3.05, 3.63) is 60.6 Å². The number of anilines is 1. The molecule has 0 aliphatic carbocycles. The second-order valence-corrected chi connectivity index (χ2v) is 14.5. The number of carbonyl (C=O) groups is 1. The Balaban J connectivity index is 1.24. The van der Waals surface area contributed by atoms with Gasteiger partial charge < -0.3 is 24.8 Å². The molecule has 2 aromatic heterocycles. The number of amides is 1. The van der Waals surface area contributed by atoms with Gasteiger partial charge in [-0.2, -0.15) is 9.97 Å². The molecule has 6 heterocycles. The topological polar surface area (TPSA) is 116 Å². The summed E-state index contributed by atoms with van der Waals surface area (Å²) in [6.45, 7) is 9.94. The van der Waals surface area contributed by atoms with E-state index in [0.717, 1.165) is 51.6 Å². The third-order valence-electron chi connectivity index (χ3n) is 11.4. The van der Waals surface area contributed by atoms with Crippen molar-refractivity contribution in [1.82, 2.24) is 30.1 Å². The summed E-state index contributed by atoms with van der Waals surface area (Å²) in [5.41, 5.74) is 0.930. The van der Waals surface area contributed by atoms with Crippen LogP contribution in [-0.4, -0.2) is 112 Å². The molecule has 4 aromatic rings. The summed E-state index contributed by atoms with van der Waals surface area (Å²) in [7, 11) is 0. The lowest BCUT2D eigenvalue weighted by Gasteiger charge is -2.34. The molecule has 4 aliphatic heterocycles. The molecule has 12 heteroatoms. The molecular formula is C40H44FN7O4. The number of phenolic OH excluding ortho intramolecular Hbond substituents is 1. The van der Waals surface area contributed by atoms with Crippen molar-refractivity contribution >= 4 is 33.4 Å². The van der Waals surface area contributed by atoms with E-state index in [1.807, 2.05) is 6.07 Å². The fourth-order valence-electron chi connectivity index (χ4n) is 8.86. The lowest BCUT2D eigenvalue weighted by Crippen LogP contribution is -2.49. The third kappa shape index (κ3) is 6.42. The molecule has 0 saturated carbocycles. The summed E-state index contributed by atoms with van der Waals surface area (Å²) < 4.78 is 29.3. The maximum absolute atomic E-state index is 17.2. The van der Waals surface area contributed by atoms with Gasteiger partial charge in [0.05, 0.1) is 17.0 Å². The van der Waals surface area contributed by atoms with Crippen LogP contribution in [0, 0.1) is 18.2 Å². The summed E-state index contributed by atoms with van der Waals surface area (Å²) in [5, 5.41) is 15.5. The van der Waals surface area contributed by atoms with E-state index in [0.29, 0.717) is 85.1 Å². The largest absolute Gasteiger partial charge is 0.508 e. The van der Waals surface area contributed by atoms with E-state index in [-0.39, 0.29) is 40.5 Å². The van der Waals surface area contributed by atoms with Crippen LogP contribution in [0.1, 0.15) is 44.1 Å². The number of ether oxygens (including phenoxy) is 2. The molecule has 0 radical (unpaired) electrons. The van der Waals surface area contributed by atoms with Crippen molar-refractivity contribution in [2.24, 2.45) is 0 Å². The summed E-state index contributed by atoms with van der Waals surface area (Å²) in [6, 6.07) is 8.66. The van der Waals surface area contributed by atoms with Crippen LogP contribution in [0.5, 0.6) is 11.8 Å². The normalized spacial score (nSPS) is 21.2. The average molecular weight is 706 g/mol. The number of rotatable bonds is 8. The lowest BCUT2D eigenvalue weighted by molar-refractivity contribution is -0.117. The number of terminal acetylenes is 1. The summed E-state index contributed by atoms with van der Waals surface area (Å²) in [6.07, 6.45) is 14.9. The number of fused-ring (bicyclic) bond motifs is 3. The van der Waals surface area contributed by atoms with Crippen LogP contribution in [0.15, 0.2) is 49.2 Å². The highest BCUT2D eigenvalue weighted by Crippen LogP contribution is 2.41. The van der Waals surface area contributed by atoms with E-state index in [4.69, 9.17) is 25.9 Å². The average Bonchev–Trinajstić information content (AvgIpc) is 3.68. The van der Waals surface area contributed by atoms with Crippen LogP contribution < -0.4 is 15.0 Å². The molecule has 8 rings (SSSR count). The second kappa shape index (κ2) is 14.3. The van der Waals surface area contributed by atoms with E-state index in [9.17, 15) is 9.90 Å². The standard InChI is InChI=1S/C40H44FN7O4/c1-3-26-8-5-9-27-20-30(49)21-31(34(26)27)36-35(41)37-32(22-42-36)38(45-39(44-37)52-25-40-12-6-14-48(40)15-7-13-40)47-17-16-46(29-10-18-51-19-11-29)23-28(24-47)43-33(50)4-2/h1,4-5,8-9,20-22,28-29,49H,2,6-7,10-19,23-25H2,(H,43,50)/t28-/m0/s1. The van der Waals surface area contributed by atoms with Gasteiger partial charge >= 0.3 is 6.01 Å². The number of phenols is 1. The SMILES string of the molecule is C#Cc1cccc2cc(O)cc(-c3ncc4c(N5CCN(C6CCOCC6)C[C@H](NC(=O)C=C)C5)nc(OCC56CCCN5CCC6)nc4c3F)c12. The maximum Gasteiger partial charge on any atom is 0.319 e. The molecular weight excluding hydrogens is 661 g/mol. The minimum atomic E-state index is -0.665. The number of nitrogens with zero attached hydrogens (tertiary/aromatic N) is 6. The van der Waals surface area contributed by atoms with E-state index in [1.54, 1.807) is 24.4 Å². The van der Waals surface area contributed by atoms with Crippen LogP contribution in [0.2, 0.25) is 0 Å². The molecule has 11 nitrogen and oxygen atoms in total. The van der Waals surface area contributed by atoms with Gasteiger partial charge in [-0.15, -0.1) is 6.42 Å². The minimum Gasteiger partial charge on any atom is -0.508 e. The van der Waals surface area contributed by atoms with Crippen LogP contribution in [0.25, 0.3) is 32.9 Å². The van der Waals surface area contributed by atoms with Crippen LogP contribution >= 0.6 is 0 Å². The number of hydrogen-bond donors (Lipinski definition) is 2. The van der Waals surface area contributed by atoms with Gasteiger partial charge in [-0.3, -0.25) is 19.6 Å². The molecule has 0 bridgehead atoms. The first-order chi connectivity index (χ1) is 25.4. The molecule has 2 aromatic carbocycles. The fourth-order valence-corrected chi connectivity index (χ4v) is 8.86. The highest BCUT2D eigenvalue weighted by atomic mass is 19.1. The zero-order valence-corrected chi connectivity index (χ0v) is 29.3. The highest BCUT2D eigenvalue weighted by Gasteiger charge is 2.45. The van der Waals surface area contributed by atoms with Gasteiger partial charge in [0, 0.05) is 68.1 Å². The molecule has 4 fully saturated rings. The Hall–Kier alpha value is -4.83. The van der Waals surface area contributed by atoms with Crippen LogP contribution in [0.3, 0.4) is 0 Å². The van der Waals surface area contributed by atoms with Crippen molar-refractivity contribution in [3.8, 4) is 35.4 Å². The Kier molecular flexibility index (Phi) is 9.42. The Labute approximate surface area is 302 Å². The van der Waals surface area contributed by atoms with Gasteiger partial charge in [0.2, 0.25) is 5.91 Å². The summed E-state index contributed by atoms with van der Waals surface area (Å²) in [5.74, 6) is 2.23. The van der Waals surface area contributed by atoms with Crippen molar-refractivity contribution in [3.63, 3.8) is 0 Å².